The maximum absolute atomic E-state index is 12.8. The van der Waals surface area contributed by atoms with Gasteiger partial charge in [-0.25, -0.2) is 4.79 Å². The number of carboxylic acid groups (broad SMARTS) is 1. The smallest absolute Gasteiger partial charge is 0.331 e. The zero-order valence-electron chi connectivity index (χ0n) is 22.7. The summed E-state index contributed by atoms with van der Waals surface area (Å²) in [5, 5.41) is 45.0. The van der Waals surface area contributed by atoms with Crippen molar-refractivity contribution in [3.63, 3.8) is 0 Å². The summed E-state index contributed by atoms with van der Waals surface area (Å²) in [6.45, 7) is 0.676. The summed E-state index contributed by atoms with van der Waals surface area (Å²) in [6.07, 6.45) is -3.26. The number of nitrogens with zero attached hydrogens (tertiary/aromatic N) is 1. The van der Waals surface area contributed by atoms with E-state index in [1.807, 2.05) is 30.3 Å². The summed E-state index contributed by atoms with van der Waals surface area (Å²) in [5.41, 5.74) is -0.0919. The minimum absolute atomic E-state index is 0.0872. The van der Waals surface area contributed by atoms with Gasteiger partial charge in [0, 0.05) is 25.6 Å². The molecule has 6 atom stereocenters. The van der Waals surface area contributed by atoms with E-state index in [2.05, 4.69) is 10.6 Å². The molecule has 2 unspecified atom stereocenters. The minimum atomic E-state index is -4.47. The van der Waals surface area contributed by atoms with E-state index in [4.69, 9.17) is 4.52 Å². The number of nitrogens with one attached hydrogen (secondary N) is 2. The molecule has 1 aliphatic heterocycles. The van der Waals surface area contributed by atoms with E-state index in [-0.39, 0.29) is 18.7 Å². The van der Waals surface area contributed by atoms with E-state index in [0.717, 1.165) is 18.1 Å². The average molecular weight is 594 g/mol. The first kappa shape index (κ1) is 32.4. The number of benzene rings is 2. The van der Waals surface area contributed by atoms with E-state index in [1.165, 1.54) is 24.0 Å². The highest BCUT2D eigenvalue weighted by atomic mass is 31.2. The van der Waals surface area contributed by atoms with Gasteiger partial charge in [0.15, 0.2) is 5.54 Å². The number of carboxylic acids is 1. The fourth-order valence-electron chi connectivity index (χ4n) is 4.58. The quantitative estimate of drug-likeness (QED) is 0.154. The van der Waals surface area contributed by atoms with Crippen molar-refractivity contribution >= 4 is 25.4 Å². The summed E-state index contributed by atoms with van der Waals surface area (Å²) in [6, 6.07) is 14.1. The number of aliphatic hydroxyl groups excluding tert-OH is 3. The number of hydrogen-bond donors (Lipinski definition) is 7. The molecule has 0 saturated carbocycles. The zero-order chi connectivity index (χ0) is 30.4. The lowest BCUT2D eigenvalue weighted by atomic mass is 10.0. The normalized spacial score (nSPS) is 23.8. The third-order valence-electron chi connectivity index (χ3n) is 7.05. The molecule has 7 N–H and O–H groups in total. The Morgan fingerprint density at radius 1 is 1.00 bits per heavy atom. The van der Waals surface area contributed by atoms with E-state index >= 15 is 0 Å². The van der Waals surface area contributed by atoms with Crippen LogP contribution in [0.15, 0.2) is 54.6 Å². The van der Waals surface area contributed by atoms with Crippen molar-refractivity contribution in [2.45, 2.75) is 43.7 Å². The van der Waals surface area contributed by atoms with Gasteiger partial charge < -0.3 is 40.5 Å². The highest BCUT2D eigenvalue weighted by Gasteiger charge is 2.47. The number of rotatable bonds is 13. The van der Waals surface area contributed by atoms with Crippen molar-refractivity contribution in [2.24, 2.45) is 0 Å². The first-order valence-electron chi connectivity index (χ1n) is 12.9. The fourth-order valence-corrected chi connectivity index (χ4v) is 5.65. The molecule has 0 aromatic heterocycles. The van der Waals surface area contributed by atoms with Gasteiger partial charge in [-0.1, -0.05) is 42.5 Å². The Kier molecular flexibility index (Phi) is 10.8. The lowest BCUT2D eigenvalue weighted by Gasteiger charge is -2.31. The van der Waals surface area contributed by atoms with Crippen molar-refractivity contribution in [2.75, 3.05) is 32.5 Å². The molecule has 0 radical (unpaired) electrons. The number of carbonyl (C=O) groups excluding carboxylic acids is 2. The molecule has 1 fully saturated rings. The second kappa shape index (κ2) is 13.7. The Labute approximate surface area is 237 Å². The van der Waals surface area contributed by atoms with Crippen molar-refractivity contribution in [1.29, 1.82) is 0 Å². The second-order valence-electron chi connectivity index (χ2n) is 10.1. The molecule has 3 rings (SSSR count). The zero-order valence-corrected chi connectivity index (χ0v) is 23.6. The van der Waals surface area contributed by atoms with Gasteiger partial charge in [-0.3, -0.25) is 19.1 Å². The molecule has 2 aromatic carbocycles. The molecular weight excluding hydrogens is 557 g/mol. The Morgan fingerprint density at radius 3 is 2.15 bits per heavy atom. The molecule has 0 aliphatic carbocycles. The van der Waals surface area contributed by atoms with Gasteiger partial charge in [-0.15, -0.1) is 0 Å². The topological polar surface area (TPSA) is 206 Å². The molecular formula is C27H36N3O10P. The van der Waals surface area contributed by atoms with Crippen LogP contribution in [0.5, 0.6) is 0 Å². The Hall–Kier alpha value is -3.16. The van der Waals surface area contributed by atoms with Crippen molar-refractivity contribution in [1.82, 2.24) is 15.5 Å². The van der Waals surface area contributed by atoms with Crippen LogP contribution in [0.25, 0.3) is 11.1 Å². The highest BCUT2D eigenvalue weighted by molar-refractivity contribution is 7.52. The summed E-state index contributed by atoms with van der Waals surface area (Å²) >= 11 is 0. The van der Waals surface area contributed by atoms with Gasteiger partial charge in [0.2, 0.25) is 5.91 Å². The van der Waals surface area contributed by atoms with Crippen molar-refractivity contribution in [3.05, 3.63) is 60.2 Å². The largest absolute Gasteiger partial charge is 0.479 e. The van der Waals surface area contributed by atoms with Crippen LogP contribution >= 0.6 is 7.60 Å². The molecule has 14 heteroatoms. The molecule has 2 aromatic rings. The fraction of sp³-hybridized carbons (Fsp3) is 0.444. The van der Waals surface area contributed by atoms with E-state index < -0.39 is 74.6 Å². The minimum Gasteiger partial charge on any atom is -0.479 e. The first-order valence-corrected chi connectivity index (χ1v) is 14.7. The van der Waals surface area contributed by atoms with E-state index in [9.17, 15) is 44.3 Å². The van der Waals surface area contributed by atoms with Gasteiger partial charge >= 0.3 is 13.6 Å². The maximum atomic E-state index is 12.8. The van der Waals surface area contributed by atoms with E-state index in [0.29, 0.717) is 0 Å². The van der Waals surface area contributed by atoms with Gasteiger partial charge in [0.1, 0.15) is 0 Å². The third-order valence-corrected chi connectivity index (χ3v) is 8.35. The second-order valence-corrected chi connectivity index (χ2v) is 12.1. The van der Waals surface area contributed by atoms with Crippen LogP contribution in [0.3, 0.4) is 0 Å². The van der Waals surface area contributed by atoms with Crippen LogP contribution in [0.1, 0.15) is 24.2 Å². The van der Waals surface area contributed by atoms with Crippen molar-refractivity contribution < 1.29 is 48.8 Å². The summed E-state index contributed by atoms with van der Waals surface area (Å²) in [4.78, 5) is 48.1. The number of likely N-dealkylation sites (tertiary alicyclic amines) is 1. The number of aliphatic carboxylic acids is 1. The number of hydrogen-bond acceptors (Lipinski definition) is 9. The average Bonchev–Trinajstić information content (AvgIpc) is 3.18. The molecule has 1 heterocycles. The van der Waals surface area contributed by atoms with E-state index in [1.54, 1.807) is 12.1 Å². The van der Waals surface area contributed by atoms with Crippen LogP contribution in [-0.2, 0) is 18.7 Å². The number of carbonyl (C=O) groups is 3. The molecule has 1 aliphatic rings. The molecule has 0 bridgehead atoms. The monoisotopic (exact) mass is 593 g/mol. The van der Waals surface area contributed by atoms with Gasteiger partial charge in [-0.05, 0) is 30.2 Å². The van der Waals surface area contributed by atoms with Gasteiger partial charge in [0.25, 0.3) is 5.91 Å². The lowest BCUT2D eigenvalue weighted by Crippen LogP contribution is -2.55. The highest BCUT2D eigenvalue weighted by Crippen LogP contribution is 2.43. The van der Waals surface area contributed by atoms with Crippen molar-refractivity contribution in [3.8, 4) is 11.1 Å². The molecule has 1 saturated heterocycles. The standard InChI is InChI=1S/C27H36N3O10P/c1-17(32)28-14-21-23(33)24(34)22(15-31)30(21)12-13-41(38,39)40-16-27(2,26(36)37)29-25(35)20-10-8-19(9-11-20)18-6-4-3-5-7-18/h3-11,21-24,31,33-34H,12-16H2,1-2H3,(H,28,32)(H,29,35)(H,36,37)(H,38,39)/t21-,22-,23-,24-,27?/m1/s1. The number of aliphatic hydroxyl groups is 3. The maximum Gasteiger partial charge on any atom is 0.331 e. The SMILES string of the molecule is CC(=O)NC[C@@H]1[C@@H](O)[C@H](O)[C@@H](CO)N1CCP(=O)(O)OCC(C)(NC(=O)c1ccc(-c2ccccc2)cc1)C(=O)O. The molecule has 0 spiro atoms. The Bertz CT molecular complexity index is 1260. The number of amides is 2. The van der Waals surface area contributed by atoms with Gasteiger partial charge in [0.05, 0.1) is 43.7 Å². The lowest BCUT2D eigenvalue weighted by molar-refractivity contribution is -0.145. The molecule has 2 amide bonds. The summed E-state index contributed by atoms with van der Waals surface area (Å²) < 4.78 is 18.0. The van der Waals surface area contributed by atoms with Crippen LogP contribution in [0.2, 0.25) is 0 Å². The molecule has 224 valence electrons. The summed E-state index contributed by atoms with van der Waals surface area (Å²) in [5.74, 6) is -2.61. The first-order chi connectivity index (χ1) is 19.3. The predicted molar refractivity (Wildman–Crippen MR) is 148 cm³/mol. The van der Waals surface area contributed by atoms with Gasteiger partial charge in [-0.2, -0.15) is 0 Å². The van der Waals surface area contributed by atoms with Crippen LogP contribution in [0.4, 0.5) is 0 Å². The molecule has 13 nitrogen and oxygen atoms in total. The van der Waals surface area contributed by atoms with Crippen LogP contribution in [0, 0.1) is 0 Å². The third kappa shape index (κ3) is 8.20. The summed E-state index contributed by atoms with van der Waals surface area (Å²) in [7, 11) is -4.47. The predicted octanol–water partition coefficient (Wildman–Crippen LogP) is 0.0317. The Balaban J connectivity index is 1.64. The van der Waals surface area contributed by atoms with Crippen LogP contribution in [-0.4, -0.2) is 110 Å². The van der Waals surface area contributed by atoms with Crippen LogP contribution < -0.4 is 10.6 Å². The molecule has 41 heavy (non-hydrogen) atoms. The Morgan fingerprint density at radius 2 is 1.59 bits per heavy atom.